The molecule has 116 valence electrons. The minimum absolute atomic E-state index is 0.0133. The maximum atomic E-state index is 13.7. The third-order valence-electron chi connectivity index (χ3n) is 4.89. The van der Waals surface area contributed by atoms with Crippen LogP contribution in [0.2, 0.25) is 0 Å². The quantitative estimate of drug-likeness (QED) is 0.845. The second kappa shape index (κ2) is 5.67. The predicted octanol–water partition coefficient (Wildman–Crippen LogP) is 3.81. The average molecular weight is 294 g/mol. The van der Waals surface area contributed by atoms with Crippen LogP contribution >= 0.6 is 0 Å². The van der Waals surface area contributed by atoms with E-state index in [4.69, 9.17) is 14.2 Å². The van der Waals surface area contributed by atoms with Crippen molar-refractivity contribution in [2.75, 3.05) is 7.11 Å². The SMILES string of the molecule is COC12CCCC(C)(O1)C(OCc1ccccc1F)CC2. The zero-order chi connectivity index (χ0) is 14.9. The molecule has 2 fully saturated rings. The van der Waals surface area contributed by atoms with E-state index in [1.165, 1.54) is 6.07 Å². The van der Waals surface area contributed by atoms with Crippen LogP contribution < -0.4 is 0 Å². The Bertz CT molecular complexity index is 507. The smallest absolute Gasteiger partial charge is 0.168 e. The Kier molecular flexibility index (Phi) is 4.04. The molecule has 2 heterocycles. The van der Waals surface area contributed by atoms with Crippen LogP contribution in [0, 0.1) is 5.82 Å². The molecule has 0 aliphatic carbocycles. The minimum Gasteiger partial charge on any atom is -0.370 e. The van der Waals surface area contributed by atoms with Crippen molar-refractivity contribution in [3.8, 4) is 0 Å². The van der Waals surface area contributed by atoms with Gasteiger partial charge in [0, 0.05) is 25.5 Å². The van der Waals surface area contributed by atoms with E-state index in [0.717, 1.165) is 32.1 Å². The van der Waals surface area contributed by atoms with Gasteiger partial charge in [0.25, 0.3) is 0 Å². The summed E-state index contributed by atoms with van der Waals surface area (Å²) < 4.78 is 31.5. The van der Waals surface area contributed by atoms with Gasteiger partial charge in [-0.3, -0.25) is 0 Å². The van der Waals surface area contributed by atoms with Crippen molar-refractivity contribution in [2.45, 2.75) is 63.1 Å². The van der Waals surface area contributed by atoms with Gasteiger partial charge in [-0.1, -0.05) is 18.2 Å². The van der Waals surface area contributed by atoms with Crippen molar-refractivity contribution < 1.29 is 18.6 Å². The Morgan fingerprint density at radius 1 is 1.29 bits per heavy atom. The fourth-order valence-electron chi connectivity index (χ4n) is 3.61. The molecular formula is C17H23FO3. The normalized spacial score (nSPS) is 35.7. The number of methoxy groups -OCH3 is 1. The van der Waals surface area contributed by atoms with E-state index in [1.54, 1.807) is 19.2 Å². The molecule has 3 rings (SSSR count). The Labute approximate surface area is 125 Å². The van der Waals surface area contributed by atoms with Crippen LogP contribution in [0.15, 0.2) is 24.3 Å². The molecule has 0 radical (unpaired) electrons. The number of hydrogen-bond donors (Lipinski definition) is 0. The van der Waals surface area contributed by atoms with E-state index in [9.17, 15) is 4.39 Å². The van der Waals surface area contributed by atoms with Crippen LogP contribution in [0.25, 0.3) is 0 Å². The van der Waals surface area contributed by atoms with Gasteiger partial charge in [-0.15, -0.1) is 0 Å². The van der Waals surface area contributed by atoms with Crippen molar-refractivity contribution in [2.24, 2.45) is 0 Å². The largest absolute Gasteiger partial charge is 0.370 e. The molecule has 2 aliphatic rings. The zero-order valence-corrected chi connectivity index (χ0v) is 12.7. The minimum atomic E-state index is -0.440. The molecule has 0 spiro atoms. The standard InChI is InChI=1S/C17H23FO3/c1-16-9-5-10-17(19-2,21-16)11-8-15(16)20-12-13-6-3-4-7-14(13)18/h3-4,6-7,15H,5,8-12H2,1-2H3. The summed E-state index contributed by atoms with van der Waals surface area (Å²) in [6, 6.07) is 6.76. The van der Waals surface area contributed by atoms with Gasteiger partial charge in [0.15, 0.2) is 5.79 Å². The summed E-state index contributed by atoms with van der Waals surface area (Å²) in [5.74, 6) is -0.653. The molecule has 4 heteroatoms. The highest BCUT2D eigenvalue weighted by Crippen LogP contribution is 2.47. The molecule has 3 unspecified atom stereocenters. The summed E-state index contributed by atoms with van der Waals surface area (Å²) >= 11 is 0. The van der Waals surface area contributed by atoms with E-state index < -0.39 is 5.79 Å². The van der Waals surface area contributed by atoms with Crippen LogP contribution in [0.5, 0.6) is 0 Å². The van der Waals surface area contributed by atoms with Crippen molar-refractivity contribution in [1.82, 2.24) is 0 Å². The zero-order valence-electron chi connectivity index (χ0n) is 12.7. The summed E-state index contributed by atoms with van der Waals surface area (Å²) in [6.45, 7) is 2.38. The highest BCUT2D eigenvalue weighted by atomic mass is 19.1. The Morgan fingerprint density at radius 3 is 2.86 bits per heavy atom. The number of hydrogen-bond acceptors (Lipinski definition) is 3. The molecule has 0 aromatic heterocycles. The molecule has 3 nitrogen and oxygen atoms in total. The highest BCUT2D eigenvalue weighted by Gasteiger charge is 2.52. The van der Waals surface area contributed by atoms with Crippen LogP contribution in [0.3, 0.4) is 0 Å². The summed E-state index contributed by atoms with van der Waals surface area (Å²) in [5, 5.41) is 0. The predicted molar refractivity (Wildman–Crippen MR) is 77.3 cm³/mol. The first kappa shape index (κ1) is 14.9. The monoisotopic (exact) mass is 294 g/mol. The van der Waals surface area contributed by atoms with Gasteiger partial charge >= 0.3 is 0 Å². The number of ether oxygens (including phenoxy) is 3. The average Bonchev–Trinajstić information content (AvgIpc) is 2.48. The molecular weight excluding hydrogens is 271 g/mol. The third-order valence-corrected chi connectivity index (χ3v) is 4.89. The molecule has 3 atom stereocenters. The number of benzene rings is 1. The lowest BCUT2D eigenvalue weighted by molar-refractivity contribution is -0.349. The summed E-state index contributed by atoms with van der Waals surface area (Å²) in [4.78, 5) is 0. The number of rotatable bonds is 4. The fourth-order valence-corrected chi connectivity index (χ4v) is 3.61. The summed E-state index contributed by atoms with van der Waals surface area (Å²) in [6.07, 6.45) is 4.68. The lowest BCUT2D eigenvalue weighted by Crippen LogP contribution is -2.59. The molecule has 0 N–H and O–H groups in total. The van der Waals surface area contributed by atoms with Crippen molar-refractivity contribution >= 4 is 0 Å². The second-order valence-electron chi connectivity index (χ2n) is 6.31. The molecule has 0 amide bonds. The molecule has 21 heavy (non-hydrogen) atoms. The molecule has 0 saturated carbocycles. The van der Waals surface area contributed by atoms with Crippen molar-refractivity contribution in [3.05, 3.63) is 35.6 Å². The van der Waals surface area contributed by atoms with Crippen LogP contribution in [0.4, 0.5) is 4.39 Å². The Morgan fingerprint density at radius 2 is 2.10 bits per heavy atom. The van der Waals surface area contributed by atoms with Gasteiger partial charge in [-0.25, -0.2) is 4.39 Å². The topological polar surface area (TPSA) is 27.7 Å². The van der Waals surface area contributed by atoms with E-state index >= 15 is 0 Å². The van der Waals surface area contributed by atoms with Crippen molar-refractivity contribution in [1.29, 1.82) is 0 Å². The first-order valence-corrected chi connectivity index (χ1v) is 7.67. The van der Waals surface area contributed by atoms with Gasteiger partial charge in [-0.2, -0.15) is 0 Å². The highest BCUT2D eigenvalue weighted by molar-refractivity contribution is 5.16. The Hall–Kier alpha value is -0.970. The summed E-state index contributed by atoms with van der Waals surface area (Å²) in [5.41, 5.74) is 0.262. The van der Waals surface area contributed by atoms with E-state index in [1.807, 2.05) is 6.07 Å². The second-order valence-corrected chi connectivity index (χ2v) is 6.31. The first-order chi connectivity index (χ1) is 10.1. The number of halogens is 1. The maximum Gasteiger partial charge on any atom is 0.168 e. The van der Waals surface area contributed by atoms with E-state index in [-0.39, 0.29) is 24.1 Å². The maximum absolute atomic E-state index is 13.7. The van der Waals surface area contributed by atoms with Crippen LogP contribution in [-0.2, 0) is 20.8 Å². The Balaban J connectivity index is 1.68. The molecule has 2 saturated heterocycles. The fraction of sp³-hybridized carbons (Fsp3) is 0.647. The molecule has 2 aliphatic heterocycles. The van der Waals surface area contributed by atoms with Gasteiger partial charge in [0.1, 0.15) is 5.82 Å². The van der Waals surface area contributed by atoms with E-state index in [2.05, 4.69) is 6.92 Å². The molecule has 1 aromatic carbocycles. The summed E-state index contributed by atoms with van der Waals surface area (Å²) in [7, 11) is 1.71. The third kappa shape index (κ3) is 2.85. The lowest BCUT2D eigenvalue weighted by Gasteiger charge is -2.53. The van der Waals surface area contributed by atoms with E-state index in [0.29, 0.717) is 5.56 Å². The van der Waals surface area contributed by atoms with Gasteiger partial charge in [-0.05, 0) is 32.3 Å². The lowest BCUT2D eigenvalue weighted by atomic mass is 9.79. The number of fused-ring (bicyclic) bond motifs is 2. The van der Waals surface area contributed by atoms with Gasteiger partial charge in [0.05, 0.1) is 18.3 Å². The van der Waals surface area contributed by atoms with Gasteiger partial charge < -0.3 is 14.2 Å². The van der Waals surface area contributed by atoms with Gasteiger partial charge in [0.2, 0.25) is 0 Å². The molecule has 2 bridgehead atoms. The molecule has 1 aromatic rings. The van der Waals surface area contributed by atoms with Crippen LogP contribution in [-0.4, -0.2) is 24.6 Å². The van der Waals surface area contributed by atoms with Crippen molar-refractivity contribution in [3.63, 3.8) is 0 Å². The first-order valence-electron chi connectivity index (χ1n) is 7.67. The van der Waals surface area contributed by atoms with Crippen LogP contribution in [0.1, 0.15) is 44.6 Å².